The van der Waals surface area contributed by atoms with Crippen molar-refractivity contribution in [2.24, 2.45) is 0 Å². The Hall–Kier alpha value is -3.55. The Labute approximate surface area is 211 Å². The number of carbonyl (C=O) groups is 2. The van der Waals surface area contributed by atoms with Crippen molar-refractivity contribution in [1.82, 2.24) is 15.5 Å². The summed E-state index contributed by atoms with van der Waals surface area (Å²) in [6.45, 7) is 11.6. The minimum absolute atomic E-state index is 0.0432. The van der Waals surface area contributed by atoms with Crippen LogP contribution in [0.1, 0.15) is 88.0 Å². The smallest absolute Gasteiger partial charge is 0.251 e. The summed E-state index contributed by atoms with van der Waals surface area (Å²) in [5.41, 5.74) is 0.475. The second-order valence-electron chi connectivity index (χ2n) is 11.8. The number of carbonyl (C=O) groups excluding carboxylic acids is 2. The molecule has 8 nitrogen and oxygen atoms in total. The predicted octanol–water partition coefficient (Wildman–Crippen LogP) is 4.47. The van der Waals surface area contributed by atoms with Crippen molar-refractivity contribution in [3.05, 3.63) is 59.2 Å². The maximum Gasteiger partial charge on any atom is 0.251 e. The predicted molar refractivity (Wildman–Crippen MR) is 136 cm³/mol. The van der Waals surface area contributed by atoms with Crippen LogP contribution >= 0.6 is 0 Å². The molecule has 3 heterocycles. The molecule has 36 heavy (non-hydrogen) atoms. The van der Waals surface area contributed by atoms with Crippen molar-refractivity contribution in [3.8, 4) is 11.5 Å². The van der Waals surface area contributed by atoms with Gasteiger partial charge in [-0.3, -0.25) is 19.9 Å². The van der Waals surface area contributed by atoms with Gasteiger partial charge < -0.3 is 20.1 Å². The quantitative estimate of drug-likeness (QED) is 0.589. The summed E-state index contributed by atoms with van der Waals surface area (Å²) in [6, 6.07) is 12.4. The first-order valence-corrected chi connectivity index (χ1v) is 12.4. The normalized spacial score (nSPS) is 25.1. The summed E-state index contributed by atoms with van der Waals surface area (Å²) in [5.74, 6) is 1.08. The van der Waals surface area contributed by atoms with Gasteiger partial charge in [0, 0.05) is 35.1 Å². The van der Waals surface area contributed by atoms with Crippen LogP contribution in [0, 0.1) is 5.41 Å². The lowest BCUT2D eigenvalue weighted by molar-refractivity contribution is -0.134. The number of nitrogens with one attached hydrogen (secondary N) is 3. The van der Waals surface area contributed by atoms with E-state index in [0.29, 0.717) is 17.7 Å². The first-order chi connectivity index (χ1) is 16.8. The molecule has 190 valence electrons. The Kier molecular flexibility index (Phi) is 5.36. The van der Waals surface area contributed by atoms with E-state index in [1.54, 1.807) is 18.2 Å². The molecule has 8 heteroatoms. The Morgan fingerprint density at radius 1 is 1.03 bits per heavy atom. The van der Waals surface area contributed by atoms with E-state index in [1.807, 2.05) is 65.8 Å². The number of amides is 2. The van der Waals surface area contributed by atoms with Crippen LogP contribution in [0.2, 0.25) is 0 Å². The molecule has 1 saturated heterocycles. The summed E-state index contributed by atoms with van der Waals surface area (Å²) in [4.78, 5) is 28.1. The molecule has 0 spiro atoms. The zero-order valence-corrected chi connectivity index (χ0v) is 21.7. The molecule has 0 bridgehead atoms. The Bertz CT molecular complexity index is 1250. The standard InChI is InChI=1S/C28H34N4O4/c1-26(2)15-22(33)32(25(29)31-26)23-18-13-16(11-12-21(18)36-28(23,5)6)24(34)30-19-14-27(3,4)35-20-10-8-7-9-17(19)20/h7-13,19,23H,14-15H2,1-6H3,(H2,29,31)(H,30,34)/t19-,23?/m0/s1. The lowest BCUT2D eigenvalue weighted by atomic mass is 9.88. The molecule has 5 rings (SSSR count). The molecule has 0 saturated carbocycles. The number of nitrogens with zero attached hydrogens (tertiary/aromatic N) is 1. The monoisotopic (exact) mass is 490 g/mol. The summed E-state index contributed by atoms with van der Waals surface area (Å²) in [5, 5.41) is 14.9. The fourth-order valence-corrected chi connectivity index (χ4v) is 5.62. The van der Waals surface area contributed by atoms with Gasteiger partial charge in [-0.05, 0) is 65.8 Å². The molecular weight excluding hydrogens is 456 g/mol. The molecule has 2 atom stereocenters. The first-order valence-electron chi connectivity index (χ1n) is 12.4. The summed E-state index contributed by atoms with van der Waals surface area (Å²) in [6.07, 6.45) is 0.900. The molecule has 2 aromatic rings. The number of ether oxygens (including phenoxy) is 2. The molecule has 3 aliphatic rings. The highest BCUT2D eigenvalue weighted by Gasteiger charge is 2.50. The minimum Gasteiger partial charge on any atom is -0.487 e. The topological polar surface area (TPSA) is 104 Å². The van der Waals surface area contributed by atoms with Crippen LogP contribution in [0.4, 0.5) is 0 Å². The van der Waals surface area contributed by atoms with E-state index in [1.165, 1.54) is 4.90 Å². The number of rotatable bonds is 3. The first kappa shape index (κ1) is 24.2. The molecular formula is C28H34N4O4. The average Bonchev–Trinajstić information content (AvgIpc) is 3.01. The number of benzene rings is 2. The van der Waals surface area contributed by atoms with Gasteiger partial charge in [-0.2, -0.15) is 0 Å². The molecule has 1 fully saturated rings. The van der Waals surface area contributed by atoms with Crippen LogP contribution in [0.5, 0.6) is 11.5 Å². The second kappa shape index (κ2) is 7.98. The van der Waals surface area contributed by atoms with E-state index in [9.17, 15) is 9.59 Å². The highest BCUT2D eigenvalue weighted by atomic mass is 16.5. The van der Waals surface area contributed by atoms with Crippen LogP contribution < -0.4 is 20.1 Å². The fourth-order valence-electron chi connectivity index (χ4n) is 5.62. The lowest BCUT2D eigenvalue weighted by Gasteiger charge is -2.43. The molecule has 3 aliphatic heterocycles. The maximum atomic E-state index is 13.5. The minimum atomic E-state index is -0.772. The van der Waals surface area contributed by atoms with Gasteiger partial charge in [-0.25, -0.2) is 0 Å². The summed E-state index contributed by atoms with van der Waals surface area (Å²) >= 11 is 0. The van der Waals surface area contributed by atoms with E-state index < -0.39 is 22.8 Å². The summed E-state index contributed by atoms with van der Waals surface area (Å²) < 4.78 is 12.3. The maximum absolute atomic E-state index is 13.5. The number of para-hydroxylation sites is 1. The number of hydrogen-bond donors (Lipinski definition) is 3. The molecule has 0 aromatic heterocycles. The van der Waals surface area contributed by atoms with Gasteiger partial charge in [0.1, 0.15) is 28.7 Å². The van der Waals surface area contributed by atoms with Crippen molar-refractivity contribution in [2.75, 3.05) is 0 Å². The van der Waals surface area contributed by atoms with Crippen LogP contribution in [0.15, 0.2) is 42.5 Å². The van der Waals surface area contributed by atoms with Crippen molar-refractivity contribution in [2.45, 2.75) is 83.2 Å². The largest absolute Gasteiger partial charge is 0.487 e. The van der Waals surface area contributed by atoms with Gasteiger partial charge >= 0.3 is 0 Å². The Balaban J connectivity index is 1.45. The Morgan fingerprint density at radius 3 is 2.44 bits per heavy atom. The average molecular weight is 491 g/mol. The molecule has 2 amide bonds. The third kappa shape index (κ3) is 4.18. The van der Waals surface area contributed by atoms with E-state index in [4.69, 9.17) is 14.9 Å². The van der Waals surface area contributed by atoms with Crippen LogP contribution in [0.3, 0.4) is 0 Å². The van der Waals surface area contributed by atoms with E-state index in [-0.39, 0.29) is 30.2 Å². The lowest BCUT2D eigenvalue weighted by Crippen LogP contribution is -2.62. The zero-order chi connectivity index (χ0) is 26.0. The second-order valence-corrected chi connectivity index (χ2v) is 11.8. The molecule has 2 aromatic carbocycles. The molecule has 1 unspecified atom stereocenters. The van der Waals surface area contributed by atoms with Gasteiger partial charge in [0.15, 0.2) is 5.96 Å². The van der Waals surface area contributed by atoms with E-state index >= 15 is 0 Å². The van der Waals surface area contributed by atoms with E-state index in [0.717, 1.165) is 16.9 Å². The number of guanidine groups is 1. The van der Waals surface area contributed by atoms with Gasteiger partial charge in [-0.1, -0.05) is 18.2 Å². The number of hydrogen-bond acceptors (Lipinski definition) is 5. The van der Waals surface area contributed by atoms with Crippen molar-refractivity contribution >= 4 is 17.8 Å². The highest BCUT2D eigenvalue weighted by Crippen LogP contribution is 2.48. The van der Waals surface area contributed by atoms with Gasteiger partial charge in [0.05, 0.1) is 6.04 Å². The van der Waals surface area contributed by atoms with Gasteiger partial charge in [0.25, 0.3) is 5.91 Å². The van der Waals surface area contributed by atoms with Gasteiger partial charge in [0.2, 0.25) is 5.91 Å². The Morgan fingerprint density at radius 2 is 1.72 bits per heavy atom. The molecule has 0 aliphatic carbocycles. The van der Waals surface area contributed by atoms with Crippen molar-refractivity contribution < 1.29 is 19.1 Å². The fraction of sp³-hybridized carbons (Fsp3) is 0.464. The molecule has 3 N–H and O–H groups in total. The molecule has 0 radical (unpaired) electrons. The third-order valence-corrected chi connectivity index (χ3v) is 7.10. The SMILES string of the molecule is CC1(C)CC(=O)N(C2c3cc(C(=O)N[C@H]4CC(C)(C)Oc5ccccc54)ccc3OC2(C)C)C(=N)N1. The number of fused-ring (bicyclic) bond motifs is 2. The zero-order valence-electron chi connectivity index (χ0n) is 21.7. The van der Waals surface area contributed by atoms with Crippen LogP contribution in [0.25, 0.3) is 0 Å². The van der Waals surface area contributed by atoms with E-state index in [2.05, 4.69) is 10.6 Å². The van der Waals surface area contributed by atoms with Crippen LogP contribution in [-0.2, 0) is 4.79 Å². The van der Waals surface area contributed by atoms with Crippen molar-refractivity contribution in [1.29, 1.82) is 5.41 Å². The van der Waals surface area contributed by atoms with Gasteiger partial charge in [-0.15, -0.1) is 0 Å². The third-order valence-electron chi connectivity index (χ3n) is 7.10. The van der Waals surface area contributed by atoms with Crippen LogP contribution in [-0.4, -0.2) is 39.4 Å². The summed E-state index contributed by atoms with van der Waals surface area (Å²) in [7, 11) is 0. The van der Waals surface area contributed by atoms with Crippen molar-refractivity contribution in [3.63, 3.8) is 0 Å². The highest BCUT2D eigenvalue weighted by molar-refractivity contribution is 6.00.